The summed E-state index contributed by atoms with van der Waals surface area (Å²) in [6.45, 7) is 6.08. The zero-order valence-corrected chi connectivity index (χ0v) is 16.6. The van der Waals surface area contributed by atoms with Crippen molar-refractivity contribution in [2.45, 2.75) is 40.0 Å². The van der Waals surface area contributed by atoms with Crippen LogP contribution in [0.4, 0.5) is 4.79 Å². The van der Waals surface area contributed by atoms with Gasteiger partial charge in [0.2, 0.25) is 0 Å². The van der Waals surface area contributed by atoms with Crippen molar-refractivity contribution in [3.8, 4) is 0 Å². The zero-order valence-electron chi connectivity index (χ0n) is 16.6. The molecule has 3 N–H and O–H groups in total. The summed E-state index contributed by atoms with van der Waals surface area (Å²) < 4.78 is 5.07. The number of nitrogens with one attached hydrogen (secondary N) is 3. The van der Waals surface area contributed by atoms with Crippen molar-refractivity contribution in [1.82, 2.24) is 15.6 Å². The second kappa shape index (κ2) is 8.46. The maximum Gasteiger partial charge on any atom is 0.338 e. The van der Waals surface area contributed by atoms with Crippen molar-refractivity contribution in [3.63, 3.8) is 0 Å². The summed E-state index contributed by atoms with van der Waals surface area (Å²) >= 11 is 0. The van der Waals surface area contributed by atoms with E-state index in [1.165, 1.54) is 11.3 Å². The second-order valence-corrected chi connectivity index (χ2v) is 7.92. The Morgan fingerprint density at radius 1 is 1.29 bits per heavy atom. The fourth-order valence-corrected chi connectivity index (χ4v) is 3.44. The lowest BCUT2D eigenvalue weighted by Crippen LogP contribution is -2.42. The third-order valence-electron chi connectivity index (χ3n) is 4.93. The number of amides is 3. The Morgan fingerprint density at radius 3 is 2.82 bits per heavy atom. The molecule has 0 bridgehead atoms. The van der Waals surface area contributed by atoms with Crippen molar-refractivity contribution in [1.29, 1.82) is 0 Å². The van der Waals surface area contributed by atoms with E-state index in [0.29, 0.717) is 18.0 Å². The minimum absolute atomic E-state index is 0.274. The highest BCUT2D eigenvalue weighted by Gasteiger charge is 2.21. The molecule has 3 amide bonds. The first-order valence-electron chi connectivity index (χ1n) is 9.71. The number of benzene rings is 1. The number of carbonyl (C=O) groups excluding carboxylic acids is 3. The maximum absolute atomic E-state index is 12.3. The van der Waals surface area contributed by atoms with Gasteiger partial charge in [-0.2, -0.15) is 0 Å². The van der Waals surface area contributed by atoms with Gasteiger partial charge in [-0.15, -0.1) is 0 Å². The molecule has 1 aliphatic carbocycles. The molecule has 3 rings (SSSR count). The lowest BCUT2D eigenvalue weighted by Gasteiger charge is -2.18. The van der Waals surface area contributed by atoms with Crippen LogP contribution in [-0.4, -0.2) is 36.0 Å². The lowest BCUT2D eigenvalue weighted by molar-refractivity contribution is -0.123. The van der Waals surface area contributed by atoms with E-state index in [9.17, 15) is 14.4 Å². The van der Waals surface area contributed by atoms with E-state index >= 15 is 0 Å². The molecule has 7 heteroatoms. The van der Waals surface area contributed by atoms with E-state index in [2.05, 4.69) is 22.5 Å². The summed E-state index contributed by atoms with van der Waals surface area (Å²) in [5, 5.41) is 5.74. The molecule has 0 unspecified atom stereocenters. The number of hydrogen-bond donors (Lipinski definition) is 3. The van der Waals surface area contributed by atoms with E-state index in [1.54, 1.807) is 6.07 Å². The molecule has 1 aromatic carbocycles. The number of aromatic nitrogens is 1. The summed E-state index contributed by atoms with van der Waals surface area (Å²) in [6.07, 6.45) is 3.17. The quantitative estimate of drug-likeness (QED) is 0.689. The van der Waals surface area contributed by atoms with E-state index in [1.807, 2.05) is 26.0 Å². The van der Waals surface area contributed by atoms with Crippen LogP contribution in [0.25, 0.3) is 10.9 Å². The fraction of sp³-hybridized carbons (Fsp3) is 0.476. The number of fused-ring (bicyclic) bond motifs is 3. The Kier molecular flexibility index (Phi) is 6.02. The Labute approximate surface area is 164 Å². The van der Waals surface area contributed by atoms with Crippen molar-refractivity contribution in [2.24, 2.45) is 11.8 Å². The number of aryl methyl sites for hydroxylation is 1. The van der Waals surface area contributed by atoms with Crippen LogP contribution in [0.3, 0.4) is 0 Å². The summed E-state index contributed by atoms with van der Waals surface area (Å²) in [4.78, 5) is 39.1. The number of rotatable bonds is 5. The molecule has 0 saturated heterocycles. The summed E-state index contributed by atoms with van der Waals surface area (Å²) in [5.74, 6) is -0.356. The topological polar surface area (TPSA) is 100 Å². The molecule has 0 fully saturated rings. The van der Waals surface area contributed by atoms with Crippen molar-refractivity contribution >= 4 is 28.8 Å². The molecule has 2 aromatic rings. The van der Waals surface area contributed by atoms with Crippen molar-refractivity contribution in [2.75, 3.05) is 13.2 Å². The Morgan fingerprint density at radius 2 is 2.07 bits per heavy atom. The zero-order chi connectivity index (χ0) is 20.3. The number of urea groups is 1. The fourth-order valence-electron chi connectivity index (χ4n) is 3.44. The third kappa shape index (κ3) is 4.71. The minimum atomic E-state index is -0.663. The van der Waals surface area contributed by atoms with Gasteiger partial charge in [0.1, 0.15) is 0 Å². The Bertz CT molecular complexity index is 900. The van der Waals surface area contributed by atoms with Crippen LogP contribution in [-0.2, 0) is 22.4 Å². The summed E-state index contributed by atoms with van der Waals surface area (Å²) in [5.41, 5.74) is 3.91. The van der Waals surface area contributed by atoms with Gasteiger partial charge in [0.25, 0.3) is 5.91 Å². The molecule has 0 aliphatic heterocycles. The molecule has 150 valence electrons. The lowest BCUT2D eigenvalue weighted by atomic mass is 9.87. The predicted molar refractivity (Wildman–Crippen MR) is 106 cm³/mol. The van der Waals surface area contributed by atoms with Gasteiger partial charge in [-0.25, -0.2) is 9.59 Å². The molecule has 0 radical (unpaired) electrons. The highest BCUT2D eigenvalue weighted by Crippen LogP contribution is 2.32. The number of imide groups is 1. The van der Waals surface area contributed by atoms with Crippen LogP contribution in [0.5, 0.6) is 0 Å². The molecule has 1 aliphatic rings. The second-order valence-electron chi connectivity index (χ2n) is 7.92. The number of ether oxygens (including phenoxy) is 1. The van der Waals surface area contributed by atoms with E-state index in [4.69, 9.17) is 4.74 Å². The first-order chi connectivity index (χ1) is 13.3. The van der Waals surface area contributed by atoms with Crippen LogP contribution < -0.4 is 10.6 Å². The first-order valence-corrected chi connectivity index (χ1v) is 9.71. The van der Waals surface area contributed by atoms with Gasteiger partial charge in [0.15, 0.2) is 6.61 Å². The van der Waals surface area contributed by atoms with Gasteiger partial charge < -0.3 is 15.0 Å². The molecule has 0 saturated carbocycles. The Hall–Kier alpha value is -2.83. The van der Waals surface area contributed by atoms with Crippen LogP contribution in [0.1, 0.15) is 48.8 Å². The number of esters is 1. The average molecular weight is 385 g/mol. The standard InChI is InChI=1S/C21H27N3O4/c1-12(2)10-22-21(27)24-19(25)11-28-20(26)14-5-7-18-16(9-14)15-8-13(3)4-6-17(15)23-18/h5,7,9,12-13,23H,4,6,8,10-11H2,1-3H3,(H2,22,24,25,27)/t13-/m1/s1. The molecular weight excluding hydrogens is 358 g/mol. The highest BCUT2D eigenvalue weighted by molar-refractivity contribution is 5.99. The van der Waals surface area contributed by atoms with Crippen LogP contribution in [0.2, 0.25) is 0 Å². The minimum Gasteiger partial charge on any atom is -0.452 e. The Balaban J connectivity index is 1.60. The maximum atomic E-state index is 12.3. The molecule has 7 nitrogen and oxygen atoms in total. The van der Waals surface area contributed by atoms with Crippen LogP contribution in [0.15, 0.2) is 18.2 Å². The highest BCUT2D eigenvalue weighted by atomic mass is 16.5. The van der Waals surface area contributed by atoms with Crippen molar-refractivity contribution in [3.05, 3.63) is 35.0 Å². The van der Waals surface area contributed by atoms with Gasteiger partial charge in [-0.3, -0.25) is 10.1 Å². The van der Waals surface area contributed by atoms with Gasteiger partial charge in [0, 0.05) is 23.1 Å². The predicted octanol–water partition coefficient (Wildman–Crippen LogP) is 2.93. The van der Waals surface area contributed by atoms with Crippen molar-refractivity contribution < 1.29 is 19.1 Å². The van der Waals surface area contributed by atoms with Gasteiger partial charge in [0.05, 0.1) is 5.56 Å². The van der Waals surface area contributed by atoms with E-state index in [-0.39, 0.29) is 5.92 Å². The summed E-state index contributed by atoms with van der Waals surface area (Å²) in [7, 11) is 0. The summed E-state index contributed by atoms with van der Waals surface area (Å²) in [6, 6.07) is 4.78. The molecule has 1 aromatic heterocycles. The smallest absolute Gasteiger partial charge is 0.338 e. The van der Waals surface area contributed by atoms with Crippen LogP contribution >= 0.6 is 0 Å². The van der Waals surface area contributed by atoms with Crippen LogP contribution in [0, 0.1) is 11.8 Å². The number of H-pyrrole nitrogens is 1. The van der Waals surface area contributed by atoms with Gasteiger partial charge in [-0.1, -0.05) is 20.8 Å². The normalized spacial score (nSPS) is 15.9. The monoisotopic (exact) mass is 385 g/mol. The van der Waals surface area contributed by atoms with E-state index < -0.39 is 24.5 Å². The molecule has 1 heterocycles. The molecule has 1 atom stereocenters. The van der Waals surface area contributed by atoms with Gasteiger partial charge >= 0.3 is 12.0 Å². The van der Waals surface area contributed by atoms with E-state index in [0.717, 1.165) is 30.2 Å². The molecular formula is C21H27N3O4. The average Bonchev–Trinajstić information content (AvgIpc) is 3.01. The molecule has 0 spiro atoms. The number of aromatic amines is 1. The molecule has 28 heavy (non-hydrogen) atoms. The first kappa shape index (κ1) is 19.9. The van der Waals surface area contributed by atoms with Gasteiger partial charge in [-0.05, 0) is 54.9 Å². The third-order valence-corrected chi connectivity index (χ3v) is 4.93. The largest absolute Gasteiger partial charge is 0.452 e. The number of hydrogen-bond acceptors (Lipinski definition) is 4. The SMILES string of the molecule is CC(C)CNC(=O)NC(=O)COC(=O)c1ccc2[nH]c3c(c2c1)C[C@H](C)CC3. The number of carbonyl (C=O) groups is 3.